The molecule has 3 aromatic rings. The smallest absolute Gasteiger partial charge is 0.264 e. The van der Waals surface area contributed by atoms with Crippen molar-refractivity contribution in [2.45, 2.75) is 11.0 Å². The van der Waals surface area contributed by atoms with Crippen molar-refractivity contribution in [2.24, 2.45) is 0 Å². The van der Waals surface area contributed by atoms with Crippen LogP contribution in [0.3, 0.4) is 0 Å². The van der Waals surface area contributed by atoms with Crippen LogP contribution in [0.5, 0.6) is 23.0 Å². The van der Waals surface area contributed by atoms with Crippen molar-refractivity contribution < 1.29 is 36.6 Å². The molecule has 0 bridgehead atoms. The van der Waals surface area contributed by atoms with E-state index in [1.807, 2.05) is 12.1 Å². The molecule has 9 nitrogen and oxygen atoms in total. The van der Waals surface area contributed by atoms with E-state index in [0.29, 0.717) is 29.6 Å². The zero-order valence-corrected chi connectivity index (χ0v) is 19.9. The zero-order valence-electron chi connectivity index (χ0n) is 19.1. The Kier molecular flexibility index (Phi) is 6.55. The monoisotopic (exact) mass is 514 g/mol. The van der Waals surface area contributed by atoms with Crippen molar-refractivity contribution >= 4 is 21.6 Å². The number of anilines is 1. The molecule has 2 aliphatic rings. The number of hydrogen-bond acceptors (Lipinski definition) is 7. The highest BCUT2D eigenvalue weighted by Crippen LogP contribution is 2.34. The van der Waals surface area contributed by atoms with E-state index in [4.69, 9.17) is 18.9 Å². The molecule has 0 spiro atoms. The summed E-state index contributed by atoms with van der Waals surface area (Å²) in [6, 6.07) is 16.3. The number of rotatable bonds is 7. The van der Waals surface area contributed by atoms with Gasteiger partial charge in [0.1, 0.15) is 38.3 Å². The number of carbonyl (C=O) groups excluding carboxylic acids is 1. The molecule has 3 aromatic carbocycles. The molecular weight excluding hydrogens is 491 g/mol. The maximum Gasteiger partial charge on any atom is 0.264 e. The molecule has 2 aliphatic heterocycles. The van der Waals surface area contributed by atoms with Crippen LogP contribution in [-0.2, 0) is 14.8 Å². The summed E-state index contributed by atoms with van der Waals surface area (Å²) >= 11 is 0. The van der Waals surface area contributed by atoms with Gasteiger partial charge in [-0.05, 0) is 48.5 Å². The summed E-state index contributed by atoms with van der Waals surface area (Å²) in [4.78, 5) is 12.8. The molecule has 0 fully saturated rings. The molecule has 36 heavy (non-hydrogen) atoms. The fraction of sp³-hybridized carbons (Fsp3) is 0.240. The first-order valence-electron chi connectivity index (χ1n) is 11.2. The molecule has 0 radical (unpaired) electrons. The lowest BCUT2D eigenvalue weighted by atomic mass is 10.2. The number of fused-ring (bicyclic) bond motifs is 2. The minimum absolute atomic E-state index is 0.0931. The molecule has 0 saturated carbocycles. The molecule has 1 amide bonds. The molecule has 0 aliphatic carbocycles. The molecule has 188 valence electrons. The number of amides is 1. The predicted molar refractivity (Wildman–Crippen MR) is 128 cm³/mol. The second kappa shape index (κ2) is 9.94. The third-order valence-electron chi connectivity index (χ3n) is 5.60. The van der Waals surface area contributed by atoms with Gasteiger partial charge >= 0.3 is 0 Å². The van der Waals surface area contributed by atoms with Gasteiger partial charge < -0.3 is 24.3 Å². The van der Waals surface area contributed by atoms with E-state index >= 15 is 0 Å². The van der Waals surface area contributed by atoms with Crippen molar-refractivity contribution in [1.29, 1.82) is 0 Å². The lowest BCUT2D eigenvalue weighted by molar-refractivity contribution is -0.120. The second-order valence-corrected chi connectivity index (χ2v) is 9.96. The van der Waals surface area contributed by atoms with Crippen LogP contribution in [-0.4, -0.2) is 53.3 Å². The number of halogens is 1. The van der Waals surface area contributed by atoms with Gasteiger partial charge in [-0.1, -0.05) is 12.1 Å². The summed E-state index contributed by atoms with van der Waals surface area (Å²) in [7, 11) is -4.22. The van der Waals surface area contributed by atoms with E-state index in [0.717, 1.165) is 16.4 Å². The van der Waals surface area contributed by atoms with Crippen molar-refractivity contribution in [3.05, 3.63) is 72.5 Å². The van der Waals surface area contributed by atoms with E-state index in [2.05, 4.69) is 5.32 Å². The normalized spacial score (nSPS) is 16.2. The van der Waals surface area contributed by atoms with Crippen LogP contribution in [0, 0.1) is 5.82 Å². The summed E-state index contributed by atoms with van der Waals surface area (Å²) < 4.78 is 64.1. The SMILES string of the molecule is O=C(CN(c1ccc(F)cc1)S(=O)(=O)c1ccc2c(c1)OCCO2)NCC1COc2ccccc2O1. The fourth-order valence-corrected chi connectivity index (χ4v) is 5.25. The van der Waals surface area contributed by atoms with Gasteiger partial charge in [-0.25, -0.2) is 12.8 Å². The van der Waals surface area contributed by atoms with Crippen LogP contribution in [0.1, 0.15) is 0 Å². The standard InChI is InChI=1S/C25H23FN2O7S/c26-17-5-7-18(8-6-17)28(36(30,31)20-9-10-22-24(13-20)33-12-11-32-22)15-25(29)27-14-19-16-34-21-3-1-2-4-23(21)35-19/h1-10,13,19H,11-12,14-16H2,(H,27,29). The van der Waals surface area contributed by atoms with Crippen LogP contribution < -0.4 is 28.6 Å². The van der Waals surface area contributed by atoms with Gasteiger partial charge in [-0.3, -0.25) is 9.10 Å². The van der Waals surface area contributed by atoms with Gasteiger partial charge in [0.2, 0.25) is 5.91 Å². The summed E-state index contributed by atoms with van der Waals surface area (Å²) in [5, 5.41) is 2.70. The maximum atomic E-state index is 13.6. The average Bonchev–Trinajstić information content (AvgIpc) is 2.90. The first kappa shape index (κ1) is 23.7. The zero-order chi connectivity index (χ0) is 25.1. The molecule has 1 unspecified atom stereocenters. The van der Waals surface area contributed by atoms with Crippen LogP contribution in [0.15, 0.2) is 71.6 Å². The van der Waals surface area contributed by atoms with Crippen molar-refractivity contribution in [1.82, 2.24) is 5.32 Å². The third kappa shape index (κ3) is 5.01. The molecular formula is C25H23FN2O7S. The number of carbonyl (C=O) groups is 1. The lowest BCUT2D eigenvalue weighted by Gasteiger charge is -2.28. The maximum absolute atomic E-state index is 13.6. The summed E-state index contributed by atoms with van der Waals surface area (Å²) in [5.74, 6) is 0.811. The lowest BCUT2D eigenvalue weighted by Crippen LogP contribution is -2.45. The largest absolute Gasteiger partial charge is 0.486 e. The van der Waals surface area contributed by atoms with Crippen LogP contribution >= 0.6 is 0 Å². The highest BCUT2D eigenvalue weighted by Gasteiger charge is 2.29. The molecule has 0 saturated heterocycles. The average molecular weight is 515 g/mol. The molecule has 5 rings (SSSR count). The number of para-hydroxylation sites is 2. The van der Waals surface area contributed by atoms with Gasteiger partial charge in [-0.15, -0.1) is 0 Å². The number of benzene rings is 3. The van der Waals surface area contributed by atoms with Gasteiger partial charge in [0.05, 0.1) is 17.1 Å². The number of nitrogens with zero attached hydrogens (tertiary/aromatic N) is 1. The van der Waals surface area contributed by atoms with Crippen LogP contribution in [0.2, 0.25) is 0 Å². The Balaban J connectivity index is 1.33. The van der Waals surface area contributed by atoms with Crippen LogP contribution in [0.25, 0.3) is 0 Å². The minimum Gasteiger partial charge on any atom is -0.486 e. The third-order valence-corrected chi connectivity index (χ3v) is 7.37. The second-order valence-electron chi connectivity index (χ2n) is 8.10. The Hall–Kier alpha value is -3.99. The Labute approximate surface area is 207 Å². The highest BCUT2D eigenvalue weighted by molar-refractivity contribution is 7.92. The van der Waals surface area contributed by atoms with Crippen LogP contribution in [0.4, 0.5) is 10.1 Å². The van der Waals surface area contributed by atoms with Gasteiger partial charge in [0, 0.05) is 6.07 Å². The van der Waals surface area contributed by atoms with Gasteiger partial charge in [0.15, 0.2) is 23.0 Å². The Bertz CT molecular complexity index is 1370. The summed E-state index contributed by atoms with van der Waals surface area (Å²) in [6.45, 7) is 0.454. The van der Waals surface area contributed by atoms with E-state index in [1.165, 1.54) is 30.3 Å². The first-order valence-corrected chi connectivity index (χ1v) is 12.7. The quantitative estimate of drug-likeness (QED) is 0.517. The van der Waals surface area contributed by atoms with E-state index in [-0.39, 0.29) is 30.3 Å². The van der Waals surface area contributed by atoms with Gasteiger partial charge in [0.25, 0.3) is 10.0 Å². The molecule has 1 N–H and O–H groups in total. The van der Waals surface area contributed by atoms with E-state index < -0.39 is 34.4 Å². The Morgan fingerprint density at radius 2 is 1.61 bits per heavy atom. The van der Waals surface area contributed by atoms with E-state index in [1.54, 1.807) is 12.1 Å². The summed E-state index contributed by atoms with van der Waals surface area (Å²) in [6.07, 6.45) is -0.447. The van der Waals surface area contributed by atoms with E-state index in [9.17, 15) is 17.6 Å². The fourth-order valence-electron chi connectivity index (χ4n) is 3.81. The predicted octanol–water partition coefficient (Wildman–Crippen LogP) is 2.75. The Morgan fingerprint density at radius 1 is 0.917 bits per heavy atom. The number of nitrogens with one attached hydrogen (secondary N) is 1. The van der Waals surface area contributed by atoms with Gasteiger partial charge in [-0.2, -0.15) is 0 Å². The number of ether oxygens (including phenoxy) is 4. The molecule has 0 aromatic heterocycles. The highest BCUT2D eigenvalue weighted by atomic mass is 32.2. The topological polar surface area (TPSA) is 103 Å². The molecule has 2 heterocycles. The molecule has 11 heteroatoms. The summed E-state index contributed by atoms with van der Waals surface area (Å²) in [5.41, 5.74) is 0.132. The number of sulfonamides is 1. The molecule has 1 atom stereocenters. The minimum atomic E-state index is -4.22. The number of hydrogen-bond donors (Lipinski definition) is 1. The van der Waals surface area contributed by atoms with Crippen molar-refractivity contribution in [3.63, 3.8) is 0 Å². The van der Waals surface area contributed by atoms with Crippen molar-refractivity contribution in [2.75, 3.05) is 37.2 Å². The first-order chi connectivity index (χ1) is 17.4. The van der Waals surface area contributed by atoms with Crippen molar-refractivity contribution in [3.8, 4) is 23.0 Å². The Morgan fingerprint density at radius 3 is 2.39 bits per heavy atom.